The zero-order valence-corrected chi connectivity index (χ0v) is 10.6. The molecule has 0 radical (unpaired) electrons. The zero-order chi connectivity index (χ0) is 11.3. The van der Waals surface area contributed by atoms with Crippen LogP contribution < -0.4 is 5.73 Å². The van der Waals surface area contributed by atoms with E-state index in [9.17, 15) is 0 Å². The molecule has 0 saturated heterocycles. The highest BCUT2D eigenvalue weighted by atomic mass is 15.1. The third kappa shape index (κ3) is 3.32. The van der Waals surface area contributed by atoms with Crippen LogP contribution in [0.3, 0.4) is 0 Å². The van der Waals surface area contributed by atoms with E-state index in [2.05, 4.69) is 31.7 Å². The van der Waals surface area contributed by atoms with Crippen molar-refractivity contribution in [3.63, 3.8) is 0 Å². The fraction of sp³-hybridized carbons (Fsp3) is 0.846. The predicted octanol–water partition coefficient (Wildman–Crippen LogP) is 2.40. The van der Waals surface area contributed by atoms with Crippen molar-refractivity contribution in [2.24, 2.45) is 11.1 Å². The van der Waals surface area contributed by atoms with Crippen LogP contribution in [0.4, 0.5) is 0 Å². The van der Waals surface area contributed by atoms with Gasteiger partial charge in [-0.3, -0.25) is 4.90 Å². The molecule has 15 heavy (non-hydrogen) atoms. The summed E-state index contributed by atoms with van der Waals surface area (Å²) in [7, 11) is 0. The lowest BCUT2D eigenvalue weighted by molar-refractivity contribution is 0.151. The lowest BCUT2D eigenvalue weighted by Gasteiger charge is -2.37. The van der Waals surface area contributed by atoms with Gasteiger partial charge in [-0.25, -0.2) is 0 Å². The molecule has 0 unspecified atom stereocenters. The molecule has 88 valence electrons. The van der Waals surface area contributed by atoms with E-state index in [4.69, 9.17) is 5.73 Å². The molecule has 2 nitrogen and oxygen atoms in total. The summed E-state index contributed by atoms with van der Waals surface area (Å²) in [5.41, 5.74) is 7.82. The summed E-state index contributed by atoms with van der Waals surface area (Å²) in [5, 5.41) is 0. The Hall–Kier alpha value is -0.340. The molecule has 0 aromatic rings. The van der Waals surface area contributed by atoms with Gasteiger partial charge in [0.1, 0.15) is 0 Å². The van der Waals surface area contributed by atoms with Crippen LogP contribution in [-0.2, 0) is 0 Å². The van der Waals surface area contributed by atoms with Gasteiger partial charge >= 0.3 is 0 Å². The van der Waals surface area contributed by atoms with Gasteiger partial charge in [0.25, 0.3) is 0 Å². The minimum absolute atomic E-state index is 0.346. The quantitative estimate of drug-likeness (QED) is 0.706. The number of rotatable bonds is 5. The maximum absolute atomic E-state index is 5.93. The van der Waals surface area contributed by atoms with Crippen LogP contribution in [0.2, 0.25) is 0 Å². The molecule has 1 aliphatic heterocycles. The molecule has 0 spiro atoms. The molecular weight excluding hydrogens is 184 g/mol. The van der Waals surface area contributed by atoms with E-state index in [0.717, 1.165) is 13.1 Å². The molecule has 1 rings (SSSR count). The third-order valence-electron chi connectivity index (χ3n) is 4.01. The van der Waals surface area contributed by atoms with Crippen molar-refractivity contribution in [3.8, 4) is 0 Å². The average molecular weight is 210 g/mol. The molecule has 0 amide bonds. The number of nitrogens with two attached hydrogens (primary N) is 1. The summed E-state index contributed by atoms with van der Waals surface area (Å²) < 4.78 is 0. The van der Waals surface area contributed by atoms with E-state index in [1.54, 1.807) is 0 Å². The van der Waals surface area contributed by atoms with Crippen LogP contribution in [0.15, 0.2) is 11.6 Å². The second-order valence-electron chi connectivity index (χ2n) is 4.95. The summed E-state index contributed by atoms with van der Waals surface area (Å²) in [5.74, 6) is 0. The Balaban J connectivity index is 2.52. The van der Waals surface area contributed by atoms with Crippen LogP contribution in [0, 0.1) is 5.41 Å². The first-order valence-electron chi connectivity index (χ1n) is 6.24. The van der Waals surface area contributed by atoms with Crippen molar-refractivity contribution in [2.75, 3.05) is 26.2 Å². The van der Waals surface area contributed by atoms with E-state index in [1.807, 2.05) is 0 Å². The lowest BCUT2D eigenvalue weighted by Crippen LogP contribution is -2.43. The fourth-order valence-electron chi connectivity index (χ4n) is 2.26. The van der Waals surface area contributed by atoms with Crippen molar-refractivity contribution < 1.29 is 0 Å². The molecule has 0 saturated carbocycles. The maximum atomic E-state index is 5.93. The van der Waals surface area contributed by atoms with Crippen LogP contribution >= 0.6 is 0 Å². The van der Waals surface area contributed by atoms with Gasteiger partial charge in [0, 0.05) is 19.6 Å². The summed E-state index contributed by atoms with van der Waals surface area (Å²) in [6.07, 6.45) is 5.97. The van der Waals surface area contributed by atoms with Crippen LogP contribution in [0.25, 0.3) is 0 Å². The molecule has 0 fully saturated rings. The maximum Gasteiger partial charge on any atom is 0.0166 e. The molecule has 1 heterocycles. The zero-order valence-electron chi connectivity index (χ0n) is 10.6. The Morgan fingerprint density at radius 2 is 2.07 bits per heavy atom. The molecule has 0 aromatic heterocycles. The van der Waals surface area contributed by atoms with E-state index in [-0.39, 0.29) is 0 Å². The van der Waals surface area contributed by atoms with E-state index >= 15 is 0 Å². The Bertz CT molecular complexity index is 208. The highest BCUT2D eigenvalue weighted by molar-refractivity contribution is 5.04. The summed E-state index contributed by atoms with van der Waals surface area (Å²) in [6, 6.07) is 0. The second-order valence-corrected chi connectivity index (χ2v) is 4.95. The Labute approximate surface area is 94.5 Å². The number of nitrogens with zero attached hydrogens (tertiary/aromatic N) is 1. The predicted molar refractivity (Wildman–Crippen MR) is 66.9 cm³/mol. The summed E-state index contributed by atoms with van der Waals surface area (Å²) in [6.45, 7) is 11.1. The molecular formula is C13H26N2. The molecule has 0 aromatic carbocycles. The molecule has 0 aliphatic carbocycles. The minimum atomic E-state index is 0.346. The van der Waals surface area contributed by atoms with Gasteiger partial charge in [0.05, 0.1) is 0 Å². The van der Waals surface area contributed by atoms with Crippen molar-refractivity contribution in [1.82, 2.24) is 4.90 Å². The average Bonchev–Trinajstić information content (AvgIpc) is 2.29. The standard InChI is InChI=1S/C13H26N2/c1-4-13(5-2,10-14)11-15-8-6-12(3)7-9-15/h6H,4-5,7-11,14H2,1-3H3. The van der Waals surface area contributed by atoms with Gasteiger partial charge < -0.3 is 5.73 Å². The highest BCUT2D eigenvalue weighted by Gasteiger charge is 2.27. The van der Waals surface area contributed by atoms with Gasteiger partial charge in [0.15, 0.2) is 0 Å². The molecule has 0 bridgehead atoms. The van der Waals surface area contributed by atoms with Gasteiger partial charge in [-0.2, -0.15) is 0 Å². The largest absolute Gasteiger partial charge is 0.330 e. The first-order chi connectivity index (χ1) is 7.15. The second kappa shape index (κ2) is 5.66. The van der Waals surface area contributed by atoms with Crippen molar-refractivity contribution in [3.05, 3.63) is 11.6 Å². The van der Waals surface area contributed by atoms with Gasteiger partial charge in [0.2, 0.25) is 0 Å². The van der Waals surface area contributed by atoms with Crippen molar-refractivity contribution in [2.45, 2.75) is 40.0 Å². The van der Waals surface area contributed by atoms with Crippen LogP contribution in [-0.4, -0.2) is 31.1 Å². The Morgan fingerprint density at radius 1 is 1.40 bits per heavy atom. The van der Waals surface area contributed by atoms with Crippen LogP contribution in [0.5, 0.6) is 0 Å². The minimum Gasteiger partial charge on any atom is -0.330 e. The topological polar surface area (TPSA) is 29.3 Å². The van der Waals surface area contributed by atoms with Crippen LogP contribution in [0.1, 0.15) is 40.0 Å². The molecule has 2 N–H and O–H groups in total. The summed E-state index contributed by atoms with van der Waals surface area (Å²) >= 11 is 0. The SMILES string of the molecule is CCC(CC)(CN)CN1CC=C(C)CC1. The lowest BCUT2D eigenvalue weighted by atomic mass is 9.81. The fourth-order valence-corrected chi connectivity index (χ4v) is 2.26. The Kier molecular flexibility index (Phi) is 4.81. The van der Waals surface area contributed by atoms with Gasteiger partial charge in [-0.1, -0.05) is 25.5 Å². The smallest absolute Gasteiger partial charge is 0.0166 e. The van der Waals surface area contributed by atoms with E-state index in [1.165, 1.54) is 37.9 Å². The molecule has 1 aliphatic rings. The van der Waals surface area contributed by atoms with Gasteiger partial charge in [-0.05, 0) is 38.1 Å². The van der Waals surface area contributed by atoms with Crippen molar-refractivity contribution >= 4 is 0 Å². The monoisotopic (exact) mass is 210 g/mol. The Morgan fingerprint density at radius 3 is 2.47 bits per heavy atom. The molecule has 2 heteroatoms. The van der Waals surface area contributed by atoms with E-state index < -0.39 is 0 Å². The third-order valence-corrected chi connectivity index (χ3v) is 4.01. The normalized spacial score (nSPS) is 19.1. The molecule has 0 atom stereocenters. The first kappa shape index (κ1) is 12.7. The first-order valence-corrected chi connectivity index (χ1v) is 6.24. The summed E-state index contributed by atoms with van der Waals surface area (Å²) in [4.78, 5) is 2.55. The van der Waals surface area contributed by atoms with Gasteiger partial charge in [-0.15, -0.1) is 0 Å². The number of hydrogen-bond acceptors (Lipinski definition) is 2. The van der Waals surface area contributed by atoms with Crippen molar-refractivity contribution in [1.29, 1.82) is 0 Å². The number of hydrogen-bond donors (Lipinski definition) is 1. The highest BCUT2D eigenvalue weighted by Crippen LogP contribution is 2.27. The van der Waals surface area contributed by atoms with E-state index in [0.29, 0.717) is 5.41 Å².